The van der Waals surface area contributed by atoms with Crippen LogP contribution in [-0.4, -0.2) is 16.9 Å². The minimum atomic E-state index is -0.463. The molecule has 1 aliphatic rings. The van der Waals surface area contributed by atoms with Crippen LogP contribution < -0.4 is 11.1 Å². The van der Waals surface area contributed by atoms with Crippen molar-refractivity contribution in [2.24, 2.45) is 5.73 Å². The van der Waals surface area contributed by atoms with Crippen LogP contribution in [0.1, 0.15) is 44.4 Å². The van der Waals surface area contributed by atoms with E-state index in [1.54, 1.807) is 0 Å². The molecule has 1 aliphatic carbocycles. The molecular weight excluding hydrogens is 254 g/mol. The van der Waals surface area contributed by atoms with Crippen LogP contribution in [0.5, 0.6) is 0 Å². The Kier molecular flexibility index (Phi) is 3.44. The fraction of sp³-hybridized carbons (Fsp3) is 0.467. The second-order valence-corrected chi connectivity index (χ2v) is 5.39. The van der Waals surface area contributed by atoms with Crippen LogP contribution >= 0.6 is 0 Å². The van der Waals surface area contributed by atoms with Crippen LogP contribution in [0.25, 0.3) is 11.1 Å². The summed E-state index contributed by atoms with van der Waals surface area (Å²) >= 11 is 0. The molecule has 1 fully saturated rings. The predicted molar refractivity (Wildman–Crippen MR) is 77.5 cm³/mol. The molecule has 20 heavy (non-hydrogen) atoms. The van der Waals surface area contributed by atoms with Crippen molar-refractivity contribution in [3.05, 3.63) is 24.1 Å². The number of aromatic nitrogens is 1. The molecule has 0 bridgehead atoms. The summed E-state index contributed by atoms with van der Waals surface area (Å²) in [6.07, 6.45) is 3.89. The van der Waals surface area contributed by atoms with E-state index in [1.807, 2.05) is 25.1 Å². The van der Waals surface area contributed by atoms with E-state index in [2.05, 4.69) is 10.3 Å². The summed E-state index contributed by atoms with van der Waals surface area (Å²) in [7, 11) is 0. The van der Waals surface area contributed by atoms with Crippen molar-refractivity contribution in [2.45, 2.75) is 44.6 Å². The van der Waals surface area contributed by atoms with Crippen LogP contribution in [0.2, 0.25) is 0 Å². The maximum Gasteiger partial charge on any atom is 0.241 e. The summed E-state index contributed by atoms with van der Waals surface area (Å²) in [5.41, 5.74) is 8.06. The van der Waals surface area contributed by atoms with Gasteiger partial charge in [0.2, 0.25) is 5.91 Å². The third-order valence-electron chi connectivity index (χ3n) is 3.53. The first-order chi connectivity index (χ1) is 9.67. The van der Waals surface area contributed by atoms with E-state index in [-0.39, 0.29) is 5.91 Å². The van der Waals surface area contributed by atoms with Gasteiger partial charge in [-0.1, -0.05) is 13.3 Å². The lowest BCUT2D eigenvalue weighted by molar-refractivity contribution is -0.117. The molecule has 5 nitrogen and oxygen atoms in total. The summed E-state index contributed by atoms with van der Waals surface area (Å²) in [5.74, 6) is 1.14. The minimum absolute atomic E-state index is 0.155. The molecule has 0 radical (unpaired) electrons. The van der Waals surface area contributed by atoms with Crippen LogP contribution in [0.4, 0.5) is 5.69 Å². The number of fused-ring (bicyclic) bond motifs is 1. The Morgan fingerprint density at radius 2 is 2.35 bits per heavy atom. The van der Waals surface area contributed by atoms with Crippen molar-refractivity contribution in [2.75, 3.05) is 5.32 Å². The molecule has 0 aliphatic heterocycles. The summed E-state index contributed by atoms with van der Waals surface area (Å²) in [6.45, 7) is 2.01. The molecule has 0 spiro atoms. The highest BCUT2D eigenvalue weighted by Gasteiger charge is 2.28. The van der Waals surface area contributed by atoms with Gasteiger partial charge in [0.1, 0.15) is 5.52 Å². The van der Waals surface area contributed by atoms with Crippen LogP contribution in [0.15, 0.2) is 22.6 Å². The van der Waals surface area contributed by atoms with E-state index in [0.717, 1.165) is 36.3 Å². The SMILES string of the molecule is CCC[C@H](N)C(=O)Nc1ccc2oc(C3CC3)nc2c1. The number of nitrogens with two attached hydrogens (primary N) is 1. The van der Waals surface area contributed by atoms with Crippen LogP contribution in [-0.2, 0) is 4.79 Å². The number of carbonyl (C=O) groups is 1. The largest absolute Gasteiger partial charge is 0.440 e. The quantitative estimate of drug-likeness (QED) is 0.877. The molecule has 3 N–H and O–H groups in total. The normalized spacial score (nSPS) is 16.3. The summed E-state index contributed by atoms with van der Waals surface area (Å²) in [4.78, 5) is 16.4. The maximum absolute atomic E-state index is 11.9. The molecule has 1 heterocycles. The predicted octanol–water partition coefficient (Wildman–Crippen LogP) is 2.77. The first kappa shape index (κ1) is 13.1. The number of hydrogen-bond donors (Lipinski definition) is 2. The van der Waals surface area contributed by atoms with Gasteiger partial charge in [-0.3, -0.25) is 4.79 Å². The second-order valence-electron chi connectivity index (χ2n) is 5.39. The average molecular weight is 273 g/mol. The Labute approximate surface area is 117 Å². The molecule has 1 saturated carbocycles. The highest BCUT2D eigenvalue weighted by molar-refractivity contribution is 5.96. The average Bonchev–Trinajstić information content (AvgIpc) is 3.19. The van der Waals surface area contributed by atoms with Crippen LogP contribution in [0, 0.1) is 0 Å². The molecule has 1 amide bonds. The molecule has 5 heteroatoms. The fourth-order valence-corrected chi connectivity index (χ4v) is 2.20. The smallest absolute Gasteiger partial charge is 0.241 e. The van der Waals surface area contributed by atoms with Gasteiger partial charge in [0.25, 0.3) is 0 Å². The van der Waals surface area contributed by atoms with Gasteiger partial charge in [-0.2, -0.15) is 0 Å². The van der Waals surface area contributed by atoms with Gasteiger partial charge in [-0.25, -0.2) is 4.98 Å². The molecule has 1 atom stereocenters. The standard InChI is InChI=1S/C15H19N3O2/c1-2-3-11(16)14(19)17-10-6-7-13-12(8-10)18-15(20-13)9-4-5-9/h6-9,11H,2-5,16H2,1H3,(H,17,19)/t11-/m0/s1. The Bertz CT molecular complexity index is 631. The topological polar surface area (TPSA) is 81.2 Å². The summed E-state index contributed by atoms with van der Waals surface area (Å²) in [5, 5.41) is 2.83. The fourth-order valence-electron chi connectivity index (χ4n) is 2.20. The maximum atomic E-state index is 11.9. The second kappa shape index (κ2) is 5.25. The minimum Gasteiger partial charge on any atom is -0.440 e. The molecule has 106 valence electrons. The third kappa shape index (κ3) is 2.67. The van der Waals surface area contributed by atoms with E-state index in [1.165, 1.54) is 0 Å². The summed E-state index contributed by atoms with van der Waals surface area (Å²) < 4.78 is 5.69. The zero-order valence-corrected chi connectivity index (χ0v) is 11.6. The number of carbonyl (C=O) groups excluding carboxylic acids is 1. The lowest BCUT2D eigenvalue weighted by Crippen LogP contribution is -2.35. The lowest BCUT2D eigenvalue weighted by Gasteiger charge is -2.10. The van der Waals surface area contributed by atoms with Crippen molar-refractivity contribution in [3.63, 3.8) is 0 Å². The van der Waals surface area contributed by atoms with Crippen molar-refractivity contribution >= 4 is 22.7 Å². The van der Waals surface area contributed by atoms with E-state index in [9.17, 15) is 4.79 Å². The molecule has 2 aromatic rings. The molecule has 0 saturated heterocycles. The van der Waals surface area contributed by atoms with E-state index >= 15 is 0 Å². The molecule has 3 rings (SSSR count). The van der Waals surface area contributed by atoms with Gasteiger partial charge in [0.05, 0.1) is 6.04 Å². The Balaban J connectivity index is 1.76. The Morgan fingerprint density at radius 3 is 3.05 bits per heavy atom. The van der Waals surface area contributed by atoms with Gasteiger partial charge in [-0.05, 0) is 37.5 Å². The van der Waals surface area contributed by atoms with Crippen molar-refractivity contribution in [1.82, 2.24) is 4.98 Å². The highest BCUT2D eigenvalue weighted by atomic mass is 16.3. The monoisotopic (exact) mass is 273 g/mol. The van der Waals surface area contributed by atoms with E-state index < -0.39 is 6.04 Å². The number of oxazole rings is 1. The van der Waals surface area contributed by atoms with Crippen LogP contribution in [0.3, 0.4) is 0 Å². The number of nitrogens with one attached hydrogen (secondary N) is 1. The van der Waals surface area contributed by atoms with Gasteiger partial charge in [-0.15, -0.1) is 0 Å². The number of amides is 1. The number of rotatable bonds is 5. The van der Waals surface area contributed by atoms with Crippen molar-refractivity contribution in [3.8, 4) is 0 Å². The van der Waals surface area contributed by atoms with Gasteiger partial charge >= 0.3 is 0 Å². The Hall–Kier alpha value is -1.88. The lowest BCUT2D eigenvalue weighted by atomic mass is 10.1. The third-order valence-corrected chi connectivity index (χ3v) is 3.53. The summed E-state index contributed by atoms with van der Waals surface area (Å²) in [6, 6.07) is 5.03. The first-order valence-electron chi connectivity index (χ1n) is 7.14. The molecule has 0 unspecified atom stereocenters. The number of nitrogens with zero attached hydrogens (tertiary/aromatic N) is 1. The molecule has 1 aromatic heterocycles. The highest BCUT2D eigenvalue weighted by Crippen LogP contribution is 2.40. The van der Waals surface area contributed by atoms with Gasteiger partial charge in [0.15, 0.2) is 11.5 Å². The Morgan fingerprint density at radius 1 is 1.55 bits per heavy atom. The number of benzene rings is 1. The van der Waals surface area contributed by atoms with Gasteiger partial charge in [0, 0.05) is 11.6 Å². The van der Waals surface area contributed by atoms with E-state index in [4.69, 9.17) is 10.2 Å². The first-order valence-corrected chi connectivity index (χ1v) is 7.14. The molecular formula is C15H19N3O2. The number of anilines is 1. The zero-order chi connectivity index (χ0) is 14.1. The van der Waals surface area contributed by atoms with Crippen molar-refractivity contribution < 1.29 is 9.21 Å². The zero-order valence-electron chi connectivity index (χ0n) is 11.6. The van der Waals surface area contributed by atoms with Crippen molar-refractivity contribution in [1.29, 1.82) is 0 Å². The number of hydrogen-bond acceptors (Lipinski definition) is 4. The van der Waals surface area contributed by atoms with E-state index in [0.29, 0.717) is 18.0 Å². The molecule has 1 aromatic carbocycles. The van der Waals surface area contributed by atoms with Gasteiger partial charge < -0.3 is 15.5 Å².